The van der Waals surface area contributed by atoms with Gasteiger partial charge < -0.3 is 9.84 Å². The molecule has 1 heterocycles. The van der Waals surface area contributed by atoms with E-state index in [4.69, 9.17) is 16.3 Å². The lowest BCUT2D eigenvalue weighted by Gasteiger charge is -2.27. The highest BCUT2D eigenvalue weighted by molar-refractivity contribution is 6.30. The van der Waals surface area contributed by atoms with Crippen molar-refractivity contribution in [2.75, 3.05) is 11.5 Å². The van der Waals surface area contributed by atoms with Crippen LogP contribution in [0.3, 0.4) is 0 Å². The van der Waals surface area contributed by atoms with Crippen molar-refractivity contribution >= 4 is 29.0 Å². The summed E-state index contributed by atoms with van der Waals surface area (Å²) in [7, 11) is 0. The van der Waals surface area contributed by atoms with Gasteiger partial charge in [-0.1, -0.05) is 30.7 Å². The van der Waals surface area contributed by atoms with Crippen LogP contribution in [0.4, 0.5) is 5.69 Å². The van der Waals surface area contributed by atoms with Gasteiger partial charge in [0.05, 0.1) is 18.2 Å². The molecule has 6 heteroatoms. The van der Waals surface area contributed by atoms with Crippen LogP contribution in [0.1, 0.15) is 31.9 Å². The maximum absolute atomic E-state index is 12.8. The smallest absolute Gasteiger partial charge is 0.294 e. The Balaban J connectivity index is 2.10. The fourth-order valence-corrected chi connectivity index (χ4v) is 3.30. The topological polar surface area (TPSA) is 66.8 Å². The largest absolute Gasteiger partial charge is 0.503 e. The molecule has 2 aromatic carbocycles. The number of aliphatic hydroxyl groups is 1. The molecule has 27 heavy (non-hydrogen) atoms. The molecular formula is C21H20ClNO4. The van der Waals surface area contributed by atoms with E-state index in [1.54, 1.807) is 55.5 Å². The number of hydrogen-bond acceptors (Lipinski definition) is 4. The summed E-state index contributed by atoms with van der Waals surface area (Å²) in [6.07, 6.45) is 0.189. The first-order valence-corrected chi connectivity index (χ1v) is 9.13. The average Bonchev–Trinajstić information content (AvgIpc) is 2.94. The Morgan fingerprint density at radius 2 is 1.74 bits per heavy atom. The van der Waals surface area contributed by atoms with E-state index in [1.165, 1.54) is 4.90 Å². The standard InChI is InChI=1S/C21H20ClNO4/c1-3-17(24)18-19(13-5-11-16(12-6-13)27-4-2)23(21(26)20(18)25)15-9-7-14(22)8-10-15/h5-12,19,25H,3-4H2,1-2H3. The molecule has 1 aliphatic rings. The van der Waals surface area contributed by atoms with Gasteiger partial charge in [-0.25, -0.2) is 0 Å². The molecule has 1 amide bonds. The number of amides is 1. The summed E-state index contributed by atoms with van der Waals surface area (Å²) in [5, 5.41) is 11.0. The zero-order chi connectivity index (χ0) is 19.6. The quantitative estimate of drug-likeness (QED) is 0.788. The SMILES string of the molecule is CCOc1ccc(C2C(C(=O)CC)=C(O)C(=O)N2c2ccc(Cl)cc2)cc1. The number of anilines is 1. The highest BCUT2D eigenvalue weighted by Gasteiger charge is 2.43. The van der Waals surface area contributed by atoms with Crippen molar-refractivity contribution in [2.24, 2.45) is 0 Å². The minimum absolute atomic E-state index is 0.113. The maximum Gasteiger partial charge on any atom is 0.294 e. The molecule has 0 radical (unpaired) electrons. The normalized spacial score (nSPS) is 16.8. The van der Waals surface area contributed by atoms with Crippen LogP contribution in [0.5, 0.6) is 5.75 Å². The monoisotopic (exact) mass is 385 g/mol. The predicted octanol–water partition coefficient (Wildman–Crippen LogP) is 4.62. The zero-order valence-electron chi connectivity index (χ0n) is 15.1. The zero-order valence-corrected chi connectivity index (χ0v) is 15.9. The Labute approximate surface area is 162 Å². The second-order valence-electron chi connectivity index (χ2n) is 6.10. The van der Waals surface area contributed by atoms with Crippen LogP contribution in [0, 0.1) is 0 Å². The molecule has 2 aromatic rings. The fourth-order valence-electron chi connectivity index (χ4n) is 3.18. The Morgan fingerprint density at radius 3 is 2.30 bits per heavy atom. The molecule has 0 bridgehead atoms. The Hall–Kier alpha value is -2.79. The van der Waals surface area contributed by atoms with Crippen molar-refractivity contribution in [1.82, 2.24) is 0 Å². The third kappa shape index (κ3) is 3.55. The number of ketones is 1. The van der Waals surface area contributed by atoms with Gasteiger partial charge in [0.2, 0.25) is 0 Å². The number of benzene rings is 2. The number of nitrogens with zero attached hydrogens (tertiary/aromatic N) is 1. The summed E-state index contributed by atoms with van der Waals surface area (Å²) in [5.41, 5.74) is 1.37. The van der Waals surface area contributed by atoms with Gasteiger partial charge in [0.15, 0.2) is 11.5 Å². The van der Waals surface area contributed by atoms with Crippen molar-refractivity contribution in [3.8, 4) is 5.75 Å². The van der Waals surface area contributed by atoms with Gasteiger partial charge >= 0.3 is 0 Å². The van der Waals surface area contributed by atoms with Gasteiger partial charge in [0, 0.05) is 17.1 Å². The van der Waals surface area contributed by atoms with Crippen LogP contribution < -0.4 is 9.64 Å². The molecule has 0 saturated heterocycles. The van der Waals surface area contributed by atoms with Crippen molar-refractivity contribution in [3.63, 3.8) is 0 Å². The molecular weight excluding hydrogens is 366 g/mol. The minimum atomic E-state index is -0.707. The second kappa shape index (κ2) is 7.84. The van der Waals surface area contributed by atoms with E-state index in [2.05, 4.69) is 0 Å². The number of rotatable bonds is 6. The first kappa shape index (κ1) is 19.0. The maximum atomic E-state index is 12.8. The molecule has 0 aromatic heterocycles. The molecule has 1 aliphatic heterocycles. The molecule has 1 unspecified atom stereocenters. The summed E-state index contributed by atoms with van der Waals surface area (Å²) in [6.45, 7) is 4.14. The van der Waals surface area contributed by atoms with E-state index in [0.717, 1.165) is 0 Å². The van der Waals surface area contributed by atoms with Crippen LogP contribution in [0.2, 0.25) is 5.02 Å². The number of carbonyl (C=O) groups excluding carboxylic acids is 2. The predicted molar refractivity (Wildman–Crippen MR) is 104 cm³/mol. The summed E-state index contributed by atoms with van der Waals surface area (Å²) in [4.78, 5) is 26.7. The number of hydrogen-bond donors (Lipinski definition) is 1. The third-order valence-electron chi connectivity index (χ3n) is 4.44. The van der Waals surface area contributed by atoms with E-state index in [9.17, 15) is 14.7 Å². The van der Waals surface area contributed by atoms with Gasteiger partial charge in [-0.3, -0.25) is 14.5 Å². The Morgan fingerprint density at radius 1 is 1.11 bits per heavy atom. The summed E-state index contributed by atoms with van der Waals surface area (Å²) >= 11 is 5.95. The van der Waals surface area contributed by atoms with Gasteiger partial charge in [0.25, 0.3) is 5.91 Å². The highest BCUT2D eigenvalue weighted by Crippen LogP contribution is 2.41. The number of ether oxygens (including phenoxy) is 1. The first-order chi connectivity index (χ1) is 13.0. The van der Waals surface area contributed by atoms with Gasteiger partial charge in [-0.2, -0.15) is 0 Å². The van der Waals surface area contributed by atoms with E-state index in [0.29, 0.717) is 28.6 Å². The lowest BCUT2D eigenvalue weighted by Crippen LogP contribution is -2.30. The van der Waals surface area contributed by atoms with Crippen LogP contribution >= 0.6 is 11.6 Å². The molecule has 140 valence electrons. The number of aliphatic hydroxyl groups excluding tert-OH is 1. The van der Waals surface area contributed by atoms with Crippen molar-refractivity contribution in [3.05, 3.63) is 70.4 Å². The summed E-state index contributed by atoms with van der Waals surface area (Å²) < 4.78 is 5.46. The molecule has 0 spiro atoms. The van der Waals surface area contributed by atoms with E-state index >= 15 is 0 Å². The number of carbonyl (C=O) groups is 2. The highest BCUT2D eigenvalue weighted by atomic mass is 35.5. The van der Waals surface area contributed by atoms with Crippen molar-refractivity contribution in [1.29, 1.82) is 0 Å². The minimum Gasteiger partial charge on any atom is -0.503 e. The third-order valence-corrected chi connectivity index (χ3v) is 4.69. The Kier molecular flexibility index (Phi) is 5.51. The van der Waals surface area contributed by atoms with Gasteiger partial charge in [0.1, 0.15) is 5.75 Å². The van der Waals surface area contributed by atoms with Crippen LogP contribution in [0.25, 0.3) is 0 Å². The number of halogens is 1. The van der Waals surface area contributed by atoms with Crippen LogP contribution in [0.15, 0.2) is 59.9 Å². The Bertz CT molecular complexity index is 887. The molecule has 0 aliphatic carbocycles. The average molecular weight is 386 g/mol. The first-order valence-electron chi connectivity index (χ1n) is 8.76. The van der Waals surface area contributed by atoms with E-state index in [1.807, 2.05) is 6.92 Å². The van der Waals surface area contributed by atoms with E-state index < -0.39 is 17.7 Å². The van der Waals surface area contributed by atoms with Gasteiger partial charge in [-0.05, 0) is 48.9 Å². The fraction of sp³-hybridized carbons (Fsp3) is 0.238. The molecule has 3 rings (SSSR count). The lowest BCUT2D eigenvalue weighted by atomic mass is 9.95. The molecule has 1 N–H and O–H groups in total. The molecule has 0 fully saturated rings. The van der Waals surface area contributed by atoms with Crippen molar-refractivity contribution in [2.45, 2.75) is 26.3 Å². The second-order valence-corrected chi connectivity index (χ2v) is 6.53. The number of Topliss-reactive ketones (excluding diaryl/α,β-unsaturated/α-hetero) is 1. The lowest BCUT2D eigenvalue weighted by molar-refractivity contribution is -0.118. The molecule has 0 saturated carbocycles. The summed E-state index contributed by atoms with van der Waals surface area (Å²) in [6, 6.07) is 13.2. The van der Waals surface area contributed by atoms with E-state index in [-0.39, 0.29) is 17.8 Å². The molecule has 1 atom stereocenters. The van der Waals surface area contributed by atoms with Crippen LogP contribution in [-0.4, -0.2) is 23.4 Å². The van der Waals surface area contributed by atoms with Gasteiger partial charge in [-0.15, -0.1) is 0 Å². The van der Waals surface area contributed by atoms with Crippen molar-refractivity contribution < 1.29 is 19.4 Å². The molecule has 5 nitrogen and oxygen atoms in total. The summed E-state index contributed by atoms with van der Waals surface area (Å²) in [5.74, 6) is -0.680. The van der Waals surface area contributed by atoms with Crippen LogP contribution in [-0.2, 0) is 9.59 Å².